The Morgan fingerprint density at radius 3 is 2.82 bits per heavy atom. The molecule has 8 heteroatoms. The van der Waals surface area contributed by atoms with E-state index in [-0.39, 0.29) is 11.9 Å². The molecule has 0 radical (unpaired) electrons. The zero-order valence-corrected chi connectivity index (χ0v) is 9.45. The minimum absolute atomic E-state index is 0.160. The van der Waals surface area contributed by atoms with Crippen molar-refractivity contribution >= 4 is 18.2 Å². The van der Waals surface area contributed by atoms with Crippen LogP contribution >= 0.6 is 12.2 Å². The Morgan fingerprint density at radius 2 is 2.06 bits per heavy atom. The SMILES string of the molecule is Oc1ccc(C2NNc3n[nH]c(=S)n3N2)cc1. The van der Waals surface area contributed by atoms with Gasteiger partial charge in [-0.2, -0.15) is 4.68 Å². The van der Waals surface area contributed by atoms with Crippen molar-refractivity contribution in [3.05, 3.63) is 34.6 Å². The molecule has 0 saturated carbocycles. The van der Waals surface area contributed by atoms with Gasteiger partial charge in [-0.25, -0.2) is 10.5 Å². The van der Waals surface area contributed by atoms with E-state index in [4.69, 9.17) is 12.2 Å². The Morgan fingerprint density at radius 1 is 1.29 bits per heavy atom. The topological polar surface area (TPSA) is 89.9 Å². The van der Waals surface area contributed by atoms with Crippen LogP contribution in [0.25, 0.3) is 0 Å². The third-order valence-corrected chi connectivity index (χ3v) is 2.76. The highest BCUT2D eigenvalue weighted by Gasteiger charge is 2.19. The fourth-order valence-electron chi connectivity index (χ4n) is 1.62. The van der Waals surface area contributed by atoms with E-state index < -0.39 is 0 Å². The molecule has 1 aliphatic rings. The minimum atomic E-state index is -0.160. The summed E-state index contributed by atoms with van der Waals surface area (Å²) in [5.41, 5.74) is 10.1. The molecule has 2 aromatic rings. The van der Waals surface area contributed by atoms with Gasteiger partial charge in [0.25, 0.3) is 5.95 Å². The van der Waals surface area contributed by atoms with Crippen molar-refractivity contribution in [3.63, 3.8) is 0 Å². The average Bonchev–Trinajstić information content (AvgIpc) is 2.72. The van der Waals surface area contributed by atoms with Crippen LogP contribution in [0.2, 0.25) is 0 Å². The standard InChI is InChI=1S/C9H10N6OS/c16-6-3-1-5(2-4-6)7-10-11-8-12-13-9(17)15(8)14-7/h1-4,7,10,14,16H,(H,11,12)(H,13,17). The number of hydrogen-bond acceptors (Lipinski definition) is 6. The molecule has 0 fully saturated rings. The summed E-state index contributed by atoms with van der Waals surface area (Å²) in [5, 5.41) is 15.9. The van der Waals surface area contributed by atoms with Gasteiger partial charge in [0.1, 0.15) is 11.9 Å². The van der Waals surface area contributed by atoms with Crippen molar-refractivity contribution in [1.29, 1.82) is 0 Å². The lowest BCUT2D eigenvalue weighted by atomic mass is 10.2. The number of aromatic hydroxyl groups is 1. The summed E-state index contributed by atoms with van der Waals surface area (Å²) in [7, 11) is 0. The Bertz CT molecular complexity index is 588. The van der Waals surface area contributed by atoms with E-state index in [0.29, 0.717) is 10.7 Å². The maximum absolute atomic E-state index is 9.23. The zero-order chi connectivity index (χ0) is 11.8. The molecule has 0 saturated heterocycles. The van der Waals surface area contributed by atoms with Crippen LogP contribution in [0.1, 0.15) is 11.7 Å². The van der Waals surface area contributed by atoms with E-state index >= 15 is 0 Å². The Balaban J connectivity index is 1.91. The smallest absolute Gasteiger partial charge is 0.256 e. The highest BCUT2D eigenvalue weighted by atomic mass is 32.1. The van der Waals surface area contributed by atoms with Crippen molar-refractivity contribution < 1.29 is 5.11 Å². The van der Waals surface area contributed by atoms with Gasteiger partial charge in [-0.15, -0.1) is 5.10 Å². The molecule has 88 valence electrons. The van der Waals surface area contributed by atoms with E-state index in [1.54, 1.807) is 16.8 Å². The molecule has 3 rings (SSSR count). The number of phenolic OH excluding ortho intramolecular Hbond substituents is 1. The van der Waals surface area contributed by atoms with Crippen molar-refractivity contribution in [1.82, 2.24) is 20.3 Å². The van der Waals surface area contributed by atoms with Crippen LogP contribution in [0, 0.1) is 4.77 Å². The van der Waals surface area contributed by atoms with E-state index in [9.17, 15) is 5.11 Å². The number of phenols is 1. The highest BCUT2D eigenvalue weighted by molar-refractivity contribution is 7.71. The van der Waals surface area contributed by atoms with Gasteiger partial charge < -0.3 is 5.11 Å². The van der Waals surface area contributed by atoms with Crippen LogP contribution in [0.4, 0.5) is 5.95 Å². The summed E-state index contributed by atoms with van der Waals surface area (Å²) in [6, 6.07) is 6.89. The molecule has 1 aliphatic heterocycles. The number of hydrazine groups is 1. The number of H-pyrrole nitrogens is 1. The van der Waals surface area contributed by atoms with Crippen LogP contribution in [0.15, 0.2) is 24.3 Å². The van der Waals surface area contributed by atoms with Crippen molar-refractivity contribution in [2.75, 3.05) is 10.9 Å². The predicted molar refractivity (Wildman–Crippen MR) is 64.4 cm³/mol. The van der Waals surface area contributed by atoms with Crippen LogP contribution in [0.5, 0.6) is 5.75 Å². The van der Waals surface area contributed by atoms with Crippen LogP contribution in [0.3, 0.4) is 0 Å². The number of rotatable bonds is 1. The summed E-state index contributed by atoms with van der Waals surface area (Å²) < 4.78 is 2.13. The molecular formula is C9H10N6OS. The van der Waals surface area contributed by atoms with Gasteiger partial charge in [-0.1, -0.05) is 12.1 Å². The fourth-order valence-corrected chi connectivity index (χ4v) is 1.81. The lowest BCUT2D eigenvalue weighted by molar-refractivity contribution is 0.474. The molecule has 0 bridgehead atoms. The number of nitrogens with zero attached hydrogens (tertiary/aromatic N) is 2. The number of nitrogens with one attached hydrogen (secondary N) is 4. The first kappa shape index (κ1) is 10.1. The van der Waals surface area contributed by atoms with E-state index in [2.05, 4.69) is 26.5 Å². The molecule has 1 atom stereocenters. The van der Waals surface area contributed by atoms with E-state index in [1.807, 2.05) is 12.1 Å². The molecule has 0 spiro atoms. The van der Waals surface area contributed by atoms with Gasteiger partial charge in [0.15, 0.2) is 0 Å². The summed E-state index contributed by atoms with van der Waals surface area (Å²) in [4.78, 5) is 0. The Kier molecular flexibility index (Phi) is 2.23. The number of hydrogen-bond donors (Lipinski definition) is 5. The van der Waals surface area contributed by atoms with E-state index in [0.717, 1.165) is 5.56 Å². The average molecular weight is 250 g/mol. The number of aromatic amines is 1. The van der Waals surface area contributed by atoms with Crippen LogP contribution in [-0.2, 0) is 0 Å². The Labute approximate surface area is 101 Å². The van der Waals surface area contributed by atoms with Crippen molar-refractivity contribution in [3.8, 4) is 5.75 Å². The third-order valence-electron chi connectivity index (χ3n) is 2.49. The molecule has 17 heavy (non-hydrogen) atoms. The zero-order valence-electron chi connectivity index (χ0n) is 8.64. The second kappa shape index (κ2) is 3.75. The number of benzene rings is 1. The lowest BCUT2D eigenvalue weighted by Gasteiger charge is -2.27. The Hall–Kier alpha value is -2.06. The first-order valence-corrected chi connectivity index (χ1v) is 5.39. The molecule has 1 unspecified atom stereocenters. The van der Waals surface area contributed by atoms with Gasteiger partial charge in [0, 0.05) is 0 Å². The molecule has 5 N–H and O–H groups in total. The van der Waals surface area contributed by atoms with E-state index in [1.165, 1.54) is 0 Å². The second-order valence-electron chi connectivity index (χ2n) is 3.61. The monoisotopic (exact) mass is 250 g/mol. The van der Waals surface area contributed by atoms with Gasteiger partial charge >= 0.3 is 0 Å². The summed E-state index contributed by atoms with van der Waals surface area (Å²) in [6.45, 7) is 0. The van der Waals surface area contributed by atoms with Gasteiger partial charge in [-0.05, 0) is 29.9 Å². The van der Waals surface area contributed by atoms with Crippen molar-refractivity contribution in [2.45, 2.75) is 6.17 Å². The number of aromatic nitrogens is 3. The molecule has 0 aliphatic carbocycles. The molecular weight excluding hydrogens is 240 g/mol. The molecule has 2 heterocycles. The maximum atomic E-state index is 9.23. The maximum Gasteiger partial charge on any atom is 0.256 e. The molecule has 1 aromatic carbocycles. The summed E-state index contributed by atoms with van der Waals surface area (Å²) >= 11 is 5.07. The summed E-state index contributed by atoms with van der Waals surface area (Å²) in [6.07, 6.45) is -0.160. The first-order valence-electron chi connectivity index (χ1n) is 4.98. The molecule has 1 aromatic heterocycles. The molecule has 7 nitrogen and oxygen atoms in total. The largest absolute Gasteiger partial charge is 0.508 e. The molecule has 0 amide bonds. The third kappa shape index (κ3) is 1.73. The summed E-state index contributed by atoms with van der Waals surface area (Å²) in [5.74, 6) is 0.808. The van der Waals surface area contributed by atoms with Gasteiger partial charge in [0.2, 0.25) is 4.77 Å². The first-order chi connectivity index (χ1) is 8.24. The fraction of sp³-hybridized carbons (Fsp3) is 0.111. The second-order valence-corrected chi connectivity index (χ2v) is 4.00. The predicted octanol–water partition coefficient (Wildman–Crippen LogP) is 0.819. The normalized spacial score (nSPS) is 18.0. The number of anilines is 1. The van der Waals surface area contributed by atoms with Gasteiger partial charge in [0.05, 0.1) is 0 Å². The quantitative estimate of drug-likeness (QED) is 0.481. The van der Waals surface area contributed by atoms with Crippen LogP contribution in [-0.4, -0.2) is 20.0 Å². The minimum Gasteiger partial charge on any atom is -0.508 e. The van der Waals surface area contributed by atoms with Crippen molar-refractivity contribution in [2.24, 2.45) is 0 Å². The number of fused-ring (bicyclic) bond motifs is 1. The highest BCUT2D eigenvalue weighted by Crippen LogP contribution is 2.19. The lowest BCUT2D eigenvalue weighted by Crippen LogP contribution is -2.42. The van der Waals surface area contributed by atoms with Crippen LogP contribution < -0.4 is 16.3 Å². The van der Waals surface area contributed by atoms with Gasteiger partial charge in [-0.3, -0.25) is 10.9 Å².